The highest BCUT2D eigenvalue weighted by Crippen LogP contribution is 2.48. The van der Waals surface area contributed by atoms with Crippen molar-refractivity contribution in [1.82, 2.24) is 8.97 Å². The van der Waals surface area contributed by atoms with E-state index in [4.69, 9.17) is 0 Å². The van der Waals surface area contributed by atoms with Crippen LogP contribution in [0, 0.1) is 0 Å². The highest BCUT2D eigenvalue weighted by Gasteiger charge is 2.24. The van der Waals surface area contributed by atoms with E-state index in [9.17, 15) is 0 Å². The third-order valence-electron chi connectivity index (χ3n) is 13.0. The molecular formula is C60H39N3. The molecule has 3 heterocycles. The fourth-order valence-electron chi connectivity index (χ4n) is 10.3. The van der Waals surface area contributed by atoms with Gasteiger partial charge < -0.3 is 13.9 Å². The van der Waals surface area contributed by atoms with Crippen LogP contribution in [0.1, 0.15) is 0 Å². The zero-order valence-corrected chi connectivity index (χ0v) is 34.4. The summed E-state index contributed by atoms with van der Waals surface area (Å²) in [5.74, 6) is 0. The number of fused-ring (bicyclic) bond motifs is 9. The SMILES string of the molecule is c1ccc(-c2cc(-c3ccccc3)cc(N(c3ccc(-c4cccc5c4c4ccccc4n5-c4ccccc4)cc3)c3cccc4c3c3cccc5c6ccccc6n4c53)c2)cc1. The second-order valence-corrected chi connectivity index (χ2v) is 16.5. The first-order chi connectivity index (χ1) is 31.3. The third kappa shape index (κ3) is 5.46. The van der Waals surface area contributed by atoms with Crippen LogP contribution in [0.2, 0.25) is 0 Å². The lowest BCUT2D eigenvalue weighted by Crippen LogP contribution is -2.11. The molecule has 0 atom stereocenters. The highest BCUT2D eigenvalue weighted by atomic mass is 15.1. The van der Waals surface area contributed by atoms with Crippen molar-refractivity contribution in [1.29, 1.82) is 0 Å². The number of para-hydroxylation sites is 4. The summed E-state index contributed by atoms with van der Waals surface area (Å²) in [4.78, 5) is 2.48. The van der Waals surface area contributed by atoms with E-state index in [1.807, 2.05) is 0 Å². The monoisotopic (exact) mass is 801 g/mol. The molecule has 0 aliphatic rings. The fourth-order valence-corrected chi connectivity index (χ4v) is 10.3. The molecule has 0 saturated carbocycles. The van der Waals surface area contributed by atoms with Crippen molar-refractivity contribution in [3.63, 3.8) is 0 Å². The number of aromatic nitrogens is 2. The van der Waals surface area contributed by atoms with Crippen LogP contribution in [0.4, 0.5) is 17.1 Å². The predicted octanol–water partition coefficient (Wildman–Crippen LogP) is 16.4. The maximum atomic E-state index is 2.48. The van der Waals surface area contributed by atoms with Gasteiger partial charge in [-0.25, -0.2) is 0 Å². The van der Waals surface area contributed by atoms with Crippen molar-refractivity contribution >= 4 is 77.0 Å². The van der Waals surface area contributed by atoms with Crippen molar-refractivity contribution < 1.29 is 0 Å². The summed E-state index contributed by atoms with van der Waals surface area (Å²) in [5.41, 5.74) is 17.7. The van der Waals surface area contributed by atoms with Gasteiger partial charge in [-0.05, 0) is 106 Å². The van der Waals surface area contributed by atoms with Gasteiger partial charge in [0.25, 0.3) is 0 Å². The van der Waals surface area contributed by atoms with Crippen LogP contribution < -0.4 is 4.90 Å². The number of hydrogen-bond acceptors (Lipinski definition) is 1. The molecule has 3 heteroatoms. The second-order valence-electron chi connectivity index (χ2n) is 16.5. The van der Waals surface area contributed by atoms with Crippen molar-refractivity contribution in [2.75, 3.05) is 4.90 Å². The Morgan fingerprint density at radius 3 is 1.59 bits per heavy atom. The molecule has 0 saturated heterocycles. The second kappa shape index (κ2) is 14.1. The van der Waals surface area contributed by atoms with E-state index in [-0.39, 0.29) is 0 Å². The van der Waals surface area contributed by atoms with E-state index in [0.29, 0.717) is 0 Å². The van der Waals surface area contributed by atoms with E-state index in [0.717, 1.165) is 22.7 Å². The van der Waals surface area contributed by atoms with Crippen molar-refractivity contribution in [3.8, 4) is 39.1 Å². The first-order valence-electron chi connectivity index (χ1n) is 21.7. The molecule has 3 nitrogen and oxygen atoms in total. The molecule has 0 amide bonds. The Morgan fingerprint density at radius 2 is 0.857 bits per heavy atom. The van der Waals surface area contributed by atoms with Gasteiger partial charge in [-0.15, -0.1) is 0 Å². The standard InChI is InChI=1S/C60H39N3/c1-4-17-40(18-5-1)43-37-44(41-19-6-2-7-20-41)39-47(38-43)61(56-31-16-32-57-59(56)52-27-14-26-50-49-23-10-12-28-53(49)63(57)60(50)52)46-35-33-42(34-36-46)48-25-15-30-55-58(48)51-24-11-13-29-54(51)62(55)45-21-8-3-9-22-45/h1-39H. The molecule has 0 aliphatic heterocycles. The van der Waals surface area contributed by atoms with Crippen molar-refractivity contribution in [2.24, 2.45) is 0 Å². The Labute approximate surface area is 364 Å². The van der Waals surface area contributed by atoms with Crippen LogP contribution in [0.3, 0.4) is 0 Å². The Morgan fingerprint density at radius 1 is 0.302 bits per heavy atom. The summed E-state index contributed by atoms with van der Waals surface area (Å²) in [6.07, 6.45) is 0. The number of anilines is 3. The largest absolute Gasteiger partial charge is 0.310 e. The summed E-state index contributed by atoms with van der Waals surface area (Å²) in [6.45, 7) is 0. The van der Waals surface area contributed by atoms with Gasteiger partial charge in [0, 0.05) is 49.4 Å². The Balaban J connectivity index is 1.06. The Kier molecular flexibility index (Phi) is 7.91. The minimum atomic E-state index is 1.09. The number of nitrogens with zero attached hydrogens (tertiary/aromatic N) is 3. The topological polar surface area (TPSA) is 12.6 Å². The normalized spacial score (nSPS) is 11.8. The van der Waals surface area contributed by atoms with Gasteiger partial charge in [0.1, 0.15) is 0 Å². The van der Waals surface area contributed by atoms with Gasteiger partial charge in [-0.2, -0.15) is 0 Å². The number of benzene rings is 10. The van der Waals surface area contributed by atoms with Gasteiger partial charge in [-0.1, -0.05) is 164 Å². The third-order valence-corrected chi connectivity index (χ3v) is 13.0. The zero-order chi connectivity index (χ0) is 41.4. The molecule has 0 fully saturated rings. The molecule has 10 aromatic carbocycles. The van der Waals surface area contributed by atoms with Crippen LogP contribution in [0.5, 0.6) is 0 Å². The summed E-state index contributed by atoms with van der Waals surface area (Å²) in [5, 5.41) is 7.55. The first kappa shape index (κ1) is 35.4. The van der Waals surface area contributed by atoms with Gasteiger partial charge in [-0.3, -0.25) is 0 Å². The van der Waals surface area contributed by atoms with Gasteiger partial charge in [0.05, 0.1) is 33.3 Å². The van der Waals surface area contributed by atoms with E-state index in [1.54, 1.807) is 0 Å². The molecule has 0 aliphatic carbocycles. The summed E-state index contributed by atoms with van der Waals surface area (Å²) in [6, 6.07) is 86.4. The molecular weight excluding hydrogens is 763 g/mol. The first-order valence-corrected chi connectivity index (χ1v) is 21.7. The highest BCUT2D eigenvalue weighted by molar-refractivity contribution is 6.26. The maximum absolute atomic E-state index is 2.48. The average Bonchev–Trinajstić information content (AvgIpc) is 4.01. The predicted molar refractivity (Wildman–Crippen MR) is 266 cm³/mol. The van der Waals surface area contributed by atoms with E-state index >= 15 is 0 Å². The summed E-state index contributed by atoms with van der Waals surface area (Å²) >= 11 is 0. The fraction of sp³-hybridized carbons (Fsp3) is 0. The maximum Gasteiger partial charge on any atom is 0.0621 e. The van der Waals surface area contributed by atoms with E-state index in [2.05, 4.69) is 250 Å². The van der Waals surface area contributed by atoms with Crippen LogP contribution in [0.25, 0.3) is 99.0 Å². The van der Waals surface area contributed by atoms with Crippen LogP contribution in [-0.4, -0.2) is 8.97 Å². The molecule has 294 valence electrons. The molecule has 13 aromatic rings. The minimum Gasteiger partial charge on any atom is -0.310 e. The van der Waals surface area contributed by atoms with Crippen molar-refractivity contribution in [2.45, 2.75) is 0 Å². The number of hydrogen-bond donors (Lipinski definition) is 0. The minimum absolute atomic E-state index is 1.09. The van der Waals surface area contributed by atoms with Gasteiger partial charge >= 0.3 is 0 Å². The lowest BCUT2D eigenvalue weighted by molar-refractivity contribution is 1.18. The Hall–Kier alpha value is -8.40. The van der Waals surface area contributed by atoms with Crippen LogP contribution in [-0.2, 0) is 0 Å². The van der Waals surface area contributed by atoms with Gasteiger partial charge in [0.2, 0.25) is 0 Å². The van der Waals surface area contributed by atoms with Crippen molar-refractivity contribution in [3.05, 3.63) is 237 Å². The molecule has 63 heavy (non-hydrogen) atoms. The molecule has 13 rings (SSSR count). The van der Waals surface area contributed by atoms with Gasteiger partial charge in [0.15, 0.2) is 0 Å². The van der Waals surface area contributed by atoms with Crippen LogP contribution >= 0.6 is 0 Å². The summed E-state index contributed by atoms with van der Waals surface area (Å²) in [7, 11) is 0. The Bertz CT molecular complexity index is 3770. The lowest BCUT2D eigenvalue weighted by Gasteiger charge is -2.28. The molecule has 0 bridgehead atoms. The molecule has 3 aromatic heterocycles. The molecule has 0 radical (unpaired) electrons. The van der Waals surface area contributed by atoms with E-state index < -0.39 is 0 Å². The summed E-state index contributed by atoms with van der Waals surface area (Å²) < 4.78 is 4.87. The average molecular weight is 802 g/mol. The molecule has 0 spiro atoms. The molecule has 0 unspecified atom stereocenters. The quantitative estimate of drug-likeness (QED) is 0.156. The zero-order valence-electron chi connectivity index (χ0n) is 34.4. The molecule has 0 N–H and O–H groups in total. The van der Waals surface area contributed by atoms with Crippen LogP contribution in [0.15, 0.2) is 237 Å². The number of rotatable bonds is 7. The lowest BCUT2D eigenvalue weighted by atomic mass is 9.96. The smallest absolute Gasteiger partial charge is 0.0621 e. The van der Waals surface area contributed by atoms with E-state index in [1.165, 1.54) is 93.3 Å².